The van der Waals surface area contributed by atoms with Crippen LogP contribution in [0.5, 0.6) is 0 Å². The van der Waals surface area contributed by atoms with Gasteiger partial charge in [-0.05, 0) is 60.0 Å². The van der Waals surface area contributed by atoms with Crippen molar-refractivity contribution in [2.75, 3.05) is 11.9 Å². The first-order valence-corrected chi connectivity index (χ1v) is 11.1. The Hall–Kier alpha value is -3.81. The van der Waals surface area contributed by atoms with Crippen molar-refractivity contribution in [1.82, 2.24) is 4.98 Å². The van der Waals surface area contributed by atoms with Crippen LogP contribution >= 0.6 is 22.9 Å². The molecule has 8 heteroatoms. The summed E-state index contributed by atoms with van der Waals surface area (Å²) < 4.78 is 0. The normalized spacial score (nSPS) is 10.6. The molecule has 33 heavy (non-hydrogen) atoms. The fraction of sp³-hybridized carbons (Fsp3) is 0.0400. The molecule has 0 radical (unpaired) electrons. The zero-order chi connectivity index (χ0) is 23.5. The van der Waals surface area contributed by atoms with Crippen molar-refractivity contribution in [3.05, 3.63) is 111 Å². The van der Waals surface area contributed by atoms with Gasteiger partial charge < -0.3 is 10.0 Å². The highest BCUT2D eigenvalue weighted by atomic mass is 35.5. The molecule has 0 amide bonds. The molecule has 0 fully saturated rings. The third-order valence-electron chi connectivity index (χ3n) is 5.08. The van der Waals surface area contributed by atoms with Crippen LogP contribution < -0.4 is 4.90 Å². The molecule has 0 aliphatic heterocycles. The van der Waals surface area contributed by atoms with Crippen LogP contribution in [-0.2, 0) is 0 Å². The van der Waals surface area contributed by atoms with Crippen LogP contribution in [0, 0.1) is 0 Å². The van der Waals surface area contributed by atoms with Gasteiger partial charge in [0, 0.05) is 28.9 Å². The van der Waals surface area contributed by atoms with E-state index in [1.165, 1.54) is 29.5 Å². The van der Waals surface area contributed by atoms with E-state index in [9.17, 15) is 19.5 Å². The largest absolute Gasteiger partial charge is 0.478 e. The molecule has 0 saturated carbocycles. The number of carbonyl (C=O) groups is 3. The summed E-state index contributed by atoms with van der Waals surface area (Å²) in [7, 11) is 1.87. The molecule has 4 rings (SSSR count). The number of thiophene rings is 1. The number of hydrogen-bond donors (Lipinski definition) is 1. The molecule has 0 atom stereocenters. The van der Waals surface area contributed by atoms with Gasteiger partial charge in [-0.15, -0.1) is 11.3 Å². The molecule has 164 valence electrons. The number of carbonyl (C=O) groups excluding carboxylic acids is 2. The van der Waals surface area contributed by atoms with Gasteiger partial charge in [-0.2, -0.15) is 0 Å². The lowest BCUT2D eigenvalue weighted by atomic mass is 9.97. The van der Waals surface area contributed by atoms with Gasteiger partial charge in [0.15, 0.2) is 0 Å². The fourth-order valence-electron chi connectivity index (χ4n) is 3.28. The van der Waals surface area contributed by atoms with Gasteiger partial charge >= 0.3 is 5.97 Å². The number of aromatic carboxylic acids is 1. The average Bonchev–Trinajstić information content (AvgIpc) is 3.38. The van der Waals surface area contributed by atoms with Gasteiger partial charge in [0.2, 0.25) is 11.6 Å². The molecule has 0 aliphatic carbocycles. The molecule has 0 unspecified atom stereocenters. The third kappa shape index (κ3) is 4.69. The van der Waals surface area contributed by atoms with Gasteiger partial charge in [-0.3, -0.25) is 14.6 Å². The molecule has 2 heterocycles. The van der Waals surface area contributed by atoms with Crippen molar-refractivity contribution in [3.63, 3.8) is 0 Å². The van der Waals surface area contributed by atoms with Crippen molar-refractivity contribution in [2.45, 2.75) is 0 Å². The quantitative estimate of drug-likeness (QED) is 0.343. The Bertz CT molecular complexity index is 1330. The van der Waals surface area contributed by atoms with Crippen LogP contribution in [0.15, 0.2) is 78.3 Å². The minimum atomic E-state index is -1.28. The minimum Gasteiger partial charge on any atom is -0.478 e. The Morgan fingerprint density at radius 3 is 2.24 bits per heavy atom. The lowest BCUT2D eigenvalue weighted by Gasteiger charge is -2.19. The number of carboxylic acid groups (broad SMARTS) is 1. The van der Waals surface area contributed by atoms with Crippen molar-refractivity contribution in [3.8, 4) is 0 Å². The monoisotopic (exact) mass is 476 g/mol. The van der Waals surface area contributed by atoms with E-state index in [-0.39, 0.29) is 22.4 Å². The Morgan fingerprint density at radius 2 is 1.64 bits per heavy atom. The Morgan fingerprint density at radius 1 is 0.909 bits per heavy atom. The van der Waals surface area contributed by atoms with Crippen LogP contribution in [0.25, 0.3) is 0 Å². The summed E-state index contributed by atoms with van der Waals surface area (Å²) in [6.07, 6.45) is 1.56. The number of rotatable bonds is 7. The summed E-state index contributed by atoms with van der Waals surface area (Å²) in [6, 6.07) is 18.0. The number of hydrogen-bond acceptors (Lipinski definition) is 6. The lowest BCUT2D eigenvalue weighted by molar-refractivity contribution is 0.0693. The predicted octanol–water partition coefficient (Wildman–Crippen LogP) is 5.72. The fourth-order valence-corrected chi connectivity index (χ4v) is 4.09. The van der Waals surface area contributed by atoms with Crippen molar-refractivity contribution < 1.29 is 19.5 Å². The maximum Gasteiger partial charge on any atom is 0.336 e. The van der Waals surface area contributed by atoms with E-state index in [4.69, 9.17) is 11.6 Å². The molecule has 0 bridgehead atoms. The minimum absolute atomic E-state index is 0.0365. The number of halogens is 1. The smallest absolute Gasteiger partial charge is 0.336 e. The van der Waals surface area contributed by atoms with Gasteiger partial charge in [0.05, 0.1) is 22.3 Å². The zero-order valence-electron chi connectivity index (χ0n) is 17.4. The van der Waals surface area contributed by atoms with Crippen molar-refractivity contribution in [1.29, 1.82) is 0 Å². The highest BCUT2D eigenvalue weighted by Gasteiger charge is 2.22. The number of aromatic nitrogens is 1. The number of anilines is 2. The van der Waals surface area contributed by atoms with Crippen molar-refractivity contribution >= 4 is 51.8 Å². The van der Waals surface area contributed by atoms with Crippen LogP contribution in [0.2, 0.25) is 5.02 Å². The SMILES string of the molecule is CN(c1ccc(Cl)cc1)c1ccc(C(=O)c2ccc(C(=O)c3cccs3)c(C(=O)O)c2)nc1. The number of pyridine rings is 1. The lowest BCUT2D eigenvalue weighted by Crippen LogP contribution is -2.13. The van der Waals surface area contributed by atoms with Crippen LogP contribution in [0.1, 0.15) is 41.6 Å². The Labute approximate surface area is 198 Å². The molecular weight excluding hydrogens is 460 g/mol. The second-order valence-corrected chi connectivity index (χ2v) is 8.52. The van der Waals surface area contributed by atoms with Crippen LogP contribution in [0.4, 0.5) is 11.4 Å². The highest BCUT2D eigenvalue weighted by Crippen LogP contribution is 2.25. The predicted molar refractivity (Wildman–Crippen MR) is 128 cm³/mol. The number of benzene rings is 2. The molecule has 1 N–H and O–H groups in total. The second-order valence-electron chi connectivity index (χ2n) is 7.14. The summed E-state index contributed by atoms with van der Waals surface area (Å²) in [5.41, 5.74) is 1.78. The van der Waals surface area contributed by atoms with E-state index in [2.05, 4.69) is 4.98 Å². The number of nitrogens with zero attached hydrogens (tertiary/aromatic N) is 2. The number of carboxylic acids is 1. The van der Waals surface area contributed by atoms with Gasteiger partial charge in [0.25, 0.3) is 0 Å². The van der Waals surface area contributed by atoms with E-state index in [1.54, 1.807) is 48.0 Å². The second kappa shape index (κ2) is 9.36. The first-order chi connectivity index (χ1) is 15.8. The van der Waals surface area contributed by atoms with E-state index < -0.39 is 17.5 Å². The highest BCUT2D eigenvalue weighted by molar-refractivity contribution is 7.12. The first-order valence-electron chi connectivity index (χ1n) is 9.81. The topological polar surface area (TPSA) is 87.6 Å². The van der Waals surface area contributed by atoms with Gasteiger partial charge in [-0.25, -0.2) is 4.79 Å². The maximum atomic E-state index is 13.0. The van der Waals surface area contributed by atoms with E-state index >= 15 is 0 Å². The Balaban J connectivity index is 1.60. The molecule has 2 aromatic carbocycles. The van der Waals surface area contributed by atoms with Crippen LogP contribution in [-0.4, -0.2) is 34.7 Å². The third-order valence-corrected chi connectivity index (χ3v) is 6.20. The summed E-state index contributed by atoms with van der Waals surface area (Å²) in [6.45, 7) is 0. The zero-order valence-corrected chi connectivity index (χ0v) is 18.9. The molecule has 0 spiro atoms. The average molecular weight is 477 g/mol. The van der Waals surface area contributed by atoms with E-state index in [0.29, 0.717) is 9.90 Å². The summed E-state index contributed by atoms with van der Waals surface area (Å²) in [4.78, 5) is 44.0. The maximum absolute atomic E-state index is 13.0. The molecule has 0 aliphatic rings. The molecule has 4 aromatic rings. The van der Waals surface area contributed by atoms with Gasteiger partial charge in [-0.1, -0.05) is 23.7 Å². The Kier molecular flexibility index (Phi) is 6.35. The van der Waals surface area contributed by atoms with E-state index in [1.807, 2.05) is 24.1 Å². The summed E-state index contributed by atoms with van der Waals surface area (Å²) in [5.74, 6) is -2.11. The standard InChI is InChI=1S/C25H17ClN2O4S/c1-28(17-7-5-16(26)6-8-17)18-9-11-21(27-14-18)23(29)15-4-10-19(20(13-15)25(31)32)24(30)22-3-2-12-33-22/h2-14H,1H3,(H,31,32). The van der Waals surface area contributed by atoms with Crippen molar-refractivity contribution in [2.24, 2.45) is 0 Å². The van der Waals surface area contributed by atoms with Gasteiger partial charge in [0.1, 0.15) is 5.69 Å². The molecule has 2 aromatic heterocycles. The molecule has 6 nitrogen and oxygen atoms in total. The van der Waals surface area contributed by atoms with E-state index in [0.717, 1.165) is 11.4 Å². The van der Waals surface area contributed by atoms with Crippen LogP contribution in [0.3, 0.4) is 0 Å². The summed E-state index contributed by atoms with van der Waals surface area (Å²) in [5, 5.41) is 12.0. The summed E-state index contributed by atoms with van der Waals surface area (Å²) >= 11 is 7.16. The first kappa shape index (κ1) is 22.4. The number of ketones is 2. The molecular formula is C25H17ClN2O4S. The molecule has 0 saturated heterocycles.